The van der Waals surface area contributed by atoms with Crippen molar-refractivity contribution >= 4 is 124 Å². The Bertz CT molecular complexity index is 3400. The first-order valence-corrected chi connectivity index (χ1v) is 29.8. The number of H-pyrrole nitrogens is 2. The molecule has 3 aromatic carbocycles. The number of amides is 10. The standard InChI is InChI=1S/C59H75N13O16S2/c1-3-30(2)50(72-47(74)27-64-51(79)36(60)28-89)58(86)70-43(23-33-26-63-38-16-10-8-14-35(33)38)55(83)67-41(21-31-11-5-4-6-12-31)54(82)65-40(18-20-49(77)78)53(81)69-44(24-46(61)73)57(85)66-39(17-19-48(75)76)52(80)68-42(56(84)71-45(29-90)59(87)88)22-32-25-62-37-15-9-7-13-34(32)37/h4-16,25-26,30,36,39-45,50,62-63,89-90H,3,17-24,27-29,60H2,1-2H3,(H2,61,73)(H,64,79)(H,65,82)(H,66,85)(H,67,83)(H,68,80)(H,69,81)(H,70,86)(H,71,84)(H,72,74)(H,75,76)(H,77,78)(H,87,88)/t30-,36-,39-,40-,41-,42-,43-,44-,45-,50-/m0/s1. The van der Waals surface area contributed by atoms with Gasteiger partial charge in [-0.1, -0.05) is 87.0 Å². The normalized spacial score (nSPS) is 14.5. The molecule has 0 saturated carbocycles. The average molecular weight is 1290 g/mol. The molecule has 2 aromatic heterocycles. The summed E-state index contributed by atoms with van der Waals surface area (Å²) in [7, 11) is 0. The Hall–Kier alpha value is -9.49. The van der Waals surface area contributed by atoms with Crippen molar-refractivity contribution in [3.05, 3.63) is 108 Å². The highest BCUT2D eigenvalue weighted by Crippen LogP contribution is 2.22. The summed E-state index contributed by atoms with van der Waals surface area (Å²) in [4.78, 5) is 181. The Labute approximate surface area is 526 Å². The highest BCUT2D eigenvalue weighted by atomic mass is 32.1. The van der Waals surface area contributed by atoms with Crippen molar-refractivity contribution in [2.24, 2.45) is 17.4 Å². The second-order valence-electron chi connectivity index (χ2n) is 21.2. The number of thiol groups is 2. The summed E-state index contributed by atoms with van der Waals surface area (Å²) in [5.74, 6) is -15.5. The van der Waals surface area contributed by atoms with Crippen LogP contribution in [0.15, 0.2) is 91.3 Å². The zero-order chi connectivity index (χ0) is 66.2. The third kappa shape index (κ3) is 21.7. The van der Waals surface area contributed by atoms with Crippen molar-refractivity contribution < 1.29 is 77.6 Å². The minimum Gasteiger partial charge on any atom is -0.481 e. The summed E-state index contributed by atoms with van der Waals surface area (Å²) in [5.41, 5.74) is 14.1. The van der Waals surface area contributed by atoms with E-state index in [2.05, 4.69) is 83.1 Å². The molecule has 10 atom stereocenters. The summed E-state index contributed by atoms with van der Waals surface area (Å²) >= 11 is 8.00. The van der Waals surface area contributed by atoms with E-state index in [-0.39, 0.29) is 30.8 Å². The molecule has 90 heavy (non-hydrogen) atoms. The molecule has 0 radical (unpaired) electrons. The molecule has 0 fully saturated rings. The predicted octanol–water partition coefficient (Wildman–Crippen LogP) is -1.41. The van der Waals surface area contributed by atoms with E-state index in [0.717, 1.165) is 0 Å². The van der Waals surface area contributed by atoms with Crippen LogP contribution in [-0.2, 0) is 81.6 Å². The number of para-hydroxylation sites is 2. The number of hydrogen-bond acceptors (Lipinski definition) is 16. The Morgan fingerprint density at radius 3 is 1.36 bits per heavy atom. The van der Waals surface area contributed by atoms with E-state index < -0.39 is 176 Å². The minimum atomic E-state index is -2.01. The molecule has 5 rings (SSSR count). The second kappa shape index (κ2) is 34.9. The Balaban J connectivity index is 1.44. The van der Waals surface area contributed by atoms with Crippen LogP contribution in [0.25, 0.3) is 21.8 Å². The smallest absolute Gasteiger partial charge is 0.327 e. The van der Waals surface area contributed by atoms with Gasteiger partial charge in [0.05, 0.1) is 19.0 Å². The van der Waals surface area contributed by atoms with E-state index >= 15 is 0 Å². The molecule has 484 valence electrons. The summed E-state index contributed by atoms with van der Waals surface area (Å²) in [6.45, 7) is 2.88. The largest absolute Gasteiger partial charge is 0.481 e. The lowest BCUT2D eigenvalue weighted by Gasteiger charge is -2.28. The second-order valence-corrected chi connectivity index (χ2v) is 22.0. The van der Waals surface area contributed by atoms with Crippen LogP contribution in [0.1, 0.15) is 69.1 Å². The maximum atomic E-state index is 14.8. The van der Waals surface area contributed by atoms with Gasteiger partial charge in [-0.25, -0.2) is 4.79 Å². The zero-order valence-corrected chi connectivity index (χ0v) is 50.9. The fourth-order valence-corrected chi connectivity index (χ4v) is 9.80. The van der Waals surface area contributed by atoms with Gasteiger partial charge < -0.3 is 84.6 Å². The highest BCUT2D eigenvalue weighted by molar-refractivity contribution is 7.80. The lowest BCUT2D eigenvalue weighted by Crippen LogP contribution is -2.61. The van der Waals surface area contributed by atoms with E-state index in [4.69, 9.17) is 11.5 Å². The lowest BCUT2D eigenvalue weighted by molar-refractivity contribution is -0.141. The number of aromatic nitrogens is 2. The number of nitrogens with two attached hydrogens (primary N) is 2. The topological polar surface area (TPSA) is 474 Å². The summed E-state index contributed by atoms with van der Waals surface area (Å²) < 4.78 is 0. The molecule has 5 aromatic rings. The number of carbonyl (C=O) groups is 13. The monoisotopic (exact) mass is 1290 g/mol. The van der Waals surface area contributed by atoms with E-state index in [1.165, 1.54) is 0 Å². The Morgan fingerprint density at radius 2 is 0.911 bits per heavy atom. The number of carbonyl (C=O) groups excluding carboxylic acids is 10. The van der Waals surface area contributed by atoms with E-state index in [9.17, 15) is 77.6 Å². The first kappa shape index (κ1) is 71.3. The maximum absolute atomic E-state index is 14.8. The molecule has 0 aliphatic heterocycles. The quantitative estimate of drug-likeness (QED) is 0.0203. The number of nitrogens with one attached hydrogen (secondary N) is 11. The SMILES string of the molecule is CC[C@H](C)[C@H](NC(=O)CNC(=O)[C@@H](N)CS)C(=O)N[C@@H](Cc1c[nH]c2ccccc12)C(=O)N[C@@H](Cc1ccccc1)C(=O)N[C@@H](CCC(=O)O)C(=O)N[C@@H](CC(N)=O)C(=O)N[C@@H](CCC(=O)O)C(=O)N[C@@H](Cc1c[nH]c2ccccc12)C(=O)N[C@@H](CS)C(=O)O. The molecule has 0 spiro atoms. The van der Waals surface area contributed by atoms with Crippen LogP contribution < -0.4 is 59.3 Å². The van der Waals surface area contributed by atoms with Crippen molar-refractivity contribution in [3.8, 4) is 0 Å². The van der Waals surface area contributed by atoms with Gasteiger partial charge in [0.1, 0.15) is 48.3 Å². The zero-order valence-electron chi connectivity index (χ0n) is 49.1. The van der Waals surface area contributed by atoms with Crippen LogP contribution in [0.2, 0.25) is 0 Å². The molecular weight excluding hydrogens is 1210 g/mol. The Morgan fingerprint density at radius 1 is 0.500 bits per heavy atom. The van der Waals surface area contributed by atoms with Gasteiger partial charge >= 0.3 is 17.9 Å². The fraction of sp³-hybridized carbons (Fsp3) is 0.407. The third-order valence-corrected chi connectivity index (χ3v) is 15.3. The number of carboxylic acid groups (broad SMARTS) is 3. The van der Waals surface area contributed by atoms with Crippen LogP contribution in [-0.4, -0.2) is 175 Å². The average Bonchev–Trinajstić information content (AvgIpc) is 1.71. The van der Waals surface area contributed by atoms with Crippen molar-refractivity contribution in [1.29, 1.82) is 0 Å². The van der Waals surface area contributed by atoms with Gasteiger partial charge in [-0.2, -0.15) is 25.3 Å². The molecule has 0 aliphatic rings. The molecule has 29 nitrogen and oxygen atoms in total. The van der Waals surface area contributed by atoms with Crippen molar-refractivity contribution in [2.45, 2.75) is 126 Å². The van der Waals surface area contributed by atoms with E-state index in [0.29, 0.717) is 44.9 Å². The first-order chi connectivity index (χ1) is 42.8. The molecule has 31 heteroatoms. The molecule has 18 N–H and O–H groups in total. The van der Waals surface area contributed by atoms with Crippen LogP contribution in [0.5, 0.6) is 0 Å². The molecule has 0 saturated heterocycles. The number of hydrogen-bond donors (Lipinski definition) is 18. The number of aliphatic carboxylic acids is 3. The number of benzene rings is 3. The van der Waals surface area contributed by atoms with Gasteiger partial charge in [0.25, 0.3) is 0 Å². The predicted molar refractivity (Wildman–Crippen MR) is 333 cm³/mol. The highest BCUT2D eigenvalue weighted by Gasteiger charge is 2.37. The molecule has 0 unspecified atom stereocenters. The van der Waals surface area contributed by atoms with Crippen molar-refractivity contribution in [3.63, 3.8) is 0 Å². The van der Waals surface area contributed by atoms with Gasteiger partial charge in [0.15, 0.2) is 0 Å². The molecule has 2 heterocycles. The number of fused-ring (bicyclic) bond motifs is 2. The number of primary amides is 1. The molecule has 10 amide bonds. The summed E-state index contributed by atoms with van der Waals surface area (Å²) in [6, 6.07) is 7.97. The summed E-state index contributed by atoms with van der Waals surface area (Å²) in [5, 5.41) is 52.6. The summed E-state index contributed by atoms with van der Waals surface area (Å²) in [6.07, 6.45) is -1.07. The van der Waals surface area contributed by atoms with Crippen molar-refractivity contribution in [1.82, 2.24) is 57.8 Å². The van der Waals surface area contributed by atoms with Crippen LogP contribution in [0.4, 0.5) is 0 Å². The van der Waals surface area contributed by atoms with Crippen LogP contribution in [0, 0.1) is 5.92 Å². The van der Waals surface area contributed by atoms with E-state index in [1.54, 1.807) is 105 Å². The molecule has 0 bridgehead atoms. The van der Waals surface area contributed by atoms with Gasteiger partial charge in [-0.05, 0) is 47.6 Å². The van der Waals surface area contributed by atoms with Gasteiger partial charge in [0.2, 0.25) is 59.1 Å². The van der Waals surface area contributed by atoms with Gasteiger partial charge in [0, 0.05) is 77.8 Å². The third-order valence-electron chi connectivity index (χ3n) is 14.5. The number of carboxylic acids is 3. The van der Waals surface area contributed by atoms with Crippen LogP contribution >= 0.6 is 25.3 Å². The fourth-order valence-electron chi connectivity index (χ4n) is 9.39. The molecule has 0 aliphatic carbocycles. The lowest BCUT2D eigenvalue weighted by atomic mass is 9.96. The Kier molecular flexibility index (Phi) is 27.6. The molecular formula is C59H75N13O16S2. The van der Waals surface area contributed by atoms with Crippen LogP contribution in [0.3, 0.4) is 0 Å². The minimum absolute atomic E-state index is 0.00886. The van der Waals surface area contributed by atoms with Gasteiger partial charge in [-0.15, -0.1) is 0 Å². The maximum Gasteiger partial charge on any atom is 0.327 e. The number of rotatable bonds is 37. The number of aromatic amines is 2. The van der Waals surface area contributed by atoms with Gasteiger partial charge in [-0.3, -0.25) is 57.5 Å². The first-order valence-electron chi connectivity index (χ1n) is 28.6. The van der Waals surface area contributed by atoms with Crippen molar-refractivity contribution in [2.75, 3.05) is 18.1 Å². The van der Waals surface area contributed by atoms with E-state index in [1.807, 2.05) is 0 Å².